The van der Waals surface area contributed by atoms with Gasteiger partial charge in [0.1, 0.15) is 0 Å². The number of carbonyl (C=O) groups excluding carboxylic acids is 2. The lowest BCUT2D eigenvalue weighted by molar-refractivity contribution is -0.118. The Morgan fingerprint density at radius 3 is 2.68 bits per heavy atom. The number of amides is 2. The van der Waals surface area contributed by atoms with E-state index in [2.05, 4.69) is 16.0 Å². The molecule has 1 unspecified atom stereocenters. The second-order valence-corrected chi connectivity index (χ2v) is 6.02. The molecule has 1 atom stereocenters. The third-order valence-corrected chi connectivity index (χ3v) is 3.97. The first-order valence-corrected chi connectivity index (χ1v) is 7.78. The third-order valence-electron chi connectivity index (χ3n) is 3.66. The quantitative estimate of drug-likeness (QED) is 0.773. The van der Waals surface area contributed by atoms with Crippen molar-refractivity contribution in [3.63, 3.8) is 0 Å². The molecule has 0 bridgehead atoms. The Balaban J connectivity index is 1.64. The van der Waals surface area contributed by atoms with E-state index in [0.717, 1.165) is 0 Å². The van der Waals surface area contributed by atoms with Crippen LogP contribution in [0.5, 0.6) is 0 Å². The third kappa shape index (κ3) is 4.15. The van der Waals surface area contributed by atoms with Gasteiger partial charge in [-0.15, -0.1) is 0 Å². The van der Waals surface area contributed by atoms with E-state index in [0.29, 0.717) is 11.4 Å². The number of nitrogens with one attached hydrogen (secondary N) is 3. The van der Waals surface area contributed by atoms with Crippen molar-refractivity contribution in [2.24, 2.45) is 0 Å². The number of rotatable bonds is 4. The lowest BCUT2D eigenvalue weighted by Gasteiger charge is -2.13. The predicted molar refractivity (Wildman–Crippen MR) is 88.1 cm³/mol. The van der Waals surface area contributed by atoms with Gasteiger partial charge in [0.05, 0.1) is 29.6 Å². The van der Waals surface area contributed by atoms with Crippen LogP contribution in [0.2, 0.25) is 5.02 Å². The molecule has 0 spiro atoms. The number of anilines is 2. The Morgan fingerprint density at radius 2 is 2.08 bits per heavy atom. The van der Waals surface area contributed by atoms with Gasteiger partial charge < -0.3 is 15.1 Å². The molecule has 25 heavy (non-hydrogen) atoms. The van der Waals surface area contributed by atoms with Crippen LogP contribution in [-0.2, 0) is 4.79 Å². The van der Waals surface area contributed by atoms with Crippen LogP contribution >= 0.6 is 11.6 Å². The molecule has 1 aliphatic heterocycles. The Hall–Kier alpha value is -2.45. The van der Waals surface area contributed by atoms with Gasteiger partial charge in [-0.1, -0.05) is 11.6 Å². The summed E-state index contributed by atoms with van der Waals surface area (Å²) >= 11 is 6.09. The fourth-order valence-corrected chi connectivity index (χ4v) is 2.64. The SMILES string of the molecule is O=C(Nc1ccc(NC(=O)C2CC(F)(F)CN2)cc1Cl)c1ccco1. The summed E-state index contributed by atoms with van der Waals surface area (Å²) in [6, 6.07) is 6.54. The van der Waals surface area contributed by atoms with E-state index in [1.807, 2.05) is 0 Å². The zero-order chi connectivity index (χ0) is 18.0. The van der Waals surface area contributed by atoms with Gasteiger partial charge in [0.15, 0.2) is 5.76 Å². The molecule has 0 radical (unpaired) electrons. The van der Waals surface area contributed by atoms with E-state index >= 15 is 0 Å². The molecular formula is C16H14ClF2N3O3. The van der Waals surface area contributed by atoms with Gasteiger partial charge in [-0.25, -0.2) is 8.78 Å². The summed E-state index contributed by atoms with van der Waals surface area (Å²) < 4.78 is 31.3. The van der Waals surface area contributed by atoms with E-state index < -0.39 is 36.7 Å². The van der Waals surface area contributed by atoms with Crippen molar-refractivity contribution in [1.82, 2.24) is 5.32 Å². The summed E-state index contributed by atoms with van der Waals surface area (Å²) in [5, 5.41) is 7.75. The summed E-state index contributed by atoms with van der Waals surface area (Å²) in [4.78, 5) is 23.9. The molecule has 1 aliphatic rings. The van der Waals surface area contributed by atoms with Crippen molar-refractivity contribution in [3.05, 3.63) is 47.4 Å². The Kier molecular flexibility index (Phi) is 4.73. The smallest absolute Gasteiger partial charge is 0.291 e. The van der Waals surface area contributed by atoms with Crippen molar-refractivity contribution in [3.8, 4) is 0 Å². The zero-order valence-electron chi connectivity index (χ0n) is 12.8. The fraction of sp³-hybridized carbons (Fsp3) is 0.250. The molecule has 3 N–H and O–H groups in total. The maximum Gasteiger partial charge on any atom is 0.291 e. The van der Waals surface area contributed by atoms with E-state index in [-0.39, 0.29) is 10.8 Å². The Morgan fingerprint density at radius 1 is 1.28 bits per heavy atom. The number of alkyl halides is 2. The second-order valence-electron chi connectivity index (χ2n) is 5.61. The Labute approximate surface area is 146 Å². The van der Waals surface area contributed by atoms with Crippen molar-refractivity contribution < 1.29 is 22.8 Å². The predicted octanol–water partition coefficient (Wildman–Crippen LogP) is 3.12. The summed E-state index contributed by atoms with van der Waals surface area (Å²) in [7, 11) is 0. The normalized spacial score (nSPS) is 18.8. The van der Waals surface area contributed by atoms with Crippen LogP contribution in [0.15, 0.2) is 41.0 Å². The zero-order valence-corrected chi connectivity index (χ0v) is 13.6. The molecule has 2 heterocycles. The molecular weight excluding hydrogens is 356 g/mol. The molecule has 0 saturated carbocycles. The standard InChI is InChI=1S/C16H14ClF2N3O3/c17-10-6-9(21-14(23)12-7-16(18,19)8-20-12)3-4-11(10)22-15(24)13-2-1-5-25-13/h1-6,12,20H,7-8H2,(H,21,23)(H,22,24). The van der Waals surface area contributed by atoms with E-state index in [1.165, 1.54) is 30.5 Å². The van der Waals surface area contributed by atoms with Crippen molar-refractivity contribution >= 4 is 34.8 Å². The molecule has 1 saturated heterocycles. The highest BCUT2D eigenvalue weighted by Gasteiger charge is 2.42. The minimum Gasteiger partial charge on any atom is -0.459 e. The summed E-state index contributed by atoms with van der Waals surface area (Å²) in [6.45, 7) is -0.524. The summed E-state index contributed by atoms with van der Waals surface area (Å²) in [5.41, 5.74) is 0.662. The van der Waals surface area contributed by atoms with Gasteiger partial charge in [0.25, 0.3) is 11.8 Å². The lowest BCUT2D eigenvalue weighted by Crippen LogP contribution is -2.35. The van der Waals surface area contributed by atoms with Gasteiger partial charge in [-0.2, -0.15) is 0 Å². The van der Waals surface area contributed by atoms with Gasteiger partial charge in [-0.05, 0) is 30.3 Å². The molecule has 2 aromatic rings. The molecule has 3 rings (SSSR count). The molecule has 6 nitrogen and oxygen atoms in total. The van der Waals surface area contributed by atoms with Gasteiger partial charge in [-0.3, -0.25) is 14.9 Å². The second kappa shape index (κ2) is 6.81. The van der Waals surface area contributed by atoms with Crippen LogP contribution in [-0.4, -0.2) is 30.3 Å². The number of carbonyl (C=O) groups is 2. The Bertz CT molecular complexity index is 796. The molecule has 1 aromatic heterocycles. The van der Waals surface area contributed by atoms with Crippen molar-refractivity contribution in [2.45, 2.75) is 18.4 Å². The molecule has 1 fully saturated rings. The highest BCUT2D eigenvalue weighted by Crippen LogP contribution is 2.28. The largest absolute Gasteiger partial charge is 0.459 e. The number of hydrogen-bond acceptors (Lipinski definition) is 4. The monoisotopic (exact) mass is 369 g/mol. The van der Waals surface area contributed by atoms with Gasteiger partial charge >= 0.3 is 0 Å². The number of furan rings is 1. The lowest BCUT2D eigenvalue weighted by atomic mass is 10.1. The first kappa shape index (κ1) is 17.4. The minimum atomic E-state index is -2.89. The van der Waals surface area contributed by atoms with E-state index in [1.54, 1.807) is 6.07 Å². The molecule has 1 aromatic carbocycles. The van der Waals surface area contributed by atoms with Gasteiger partial charge in [0, 0.05) is 12.1 Å². The first-order chi connectivity index (χ1) is 11.8. The van der Waals surface area contributed by atoms with Crippen molar-refractivity contribution in [2.75, 3.05) is 17.2 Å². The summed E-state index contributed by atoms with van der Waals surface area (Å²) in [5.74, 6) is -3.80. The highest BCUT2D eigenvalue weighted by molar-refractivity contribution is 6.34. The van der Waals surface area contributed by atoms with Crippen LogP contribution in [0, 0.1) is 0 Å². The van der Waals surface area contributed by atoms with E-state index in [9.17, 15) is 18.4 Å². The summed E-state index contributed by atoms with van der Waals surface area (Å²) in [6.07, 6.45) is 0.819. The maximum absolute atomic E-state index is 13.1. The first-order valence-electron chi connectivity index (χ1n) is 7.40. The number of halogens is 3. The van der Waals surface area contributed by atoms with Crippen LogP contribution < -0.4 is 16.0 Å². The highest BCUT2D eigenvalue weighted by atomic mass is 35.5. The van der Waals surface area contributed by atoms with Crippen molar-refractivity contribution in [1.29, 1.82) is 0 Å². The average molecular weight is 370 g/mol. The van der Waals surface area contributed by atoms with Crippen LogP contribution in [0.4, 0.5) is 20.2 Å². The number of benzene rings is 1. The molecule has 2 amide bonds. The van der Waals surface area contributed by atoms with E-state index in [4.69, 9.17) is 16.0 Å². The molecule has 132 valence electrons. The van der Waals surface area contributed by atoms with Crippen LogP contribution in [0.25, 0.3) is 0 Å². The topological polar surface area (TPSA) is 83.4 Å². The van der Waals surface area contributed by atoms with Gasteiger partial charge in [0.2, 0.25) is 5.91 Å². The molecule has 0 aliphatic carbocycles. The molecule has 9 heteroatoms. The fourth-order valence-electron chi connectivity index (χ4n) is 2.42. The van der Waals surface area contributed by atoms with Crippen LogP contribution in [0.1, 0.15) is 17.0 Å². The number of hydrogen-bond donors (Lipinski definition) is 3. The average Bonchev–Trinajstić information content (AvgIpc) is 3.19. The maximum atomic E-state index is 13.1. The van der Waals surface area contributed by atoms with Crippen LogP contribution in [0.3, 0.4) is 0 Å². The minimum absolute atomic E-state index is 0.127.